The molecule has 3 heteroatoms. The lowest BCUT2D eigenvalue weighted by Crippen LogP contribution is -2.32. The summed E-state index contributed by atoms with van der Waals surface area (Å²) < 4.78 is 2.16. The molecule has 0 aliphatic heterocycles. The molecule has 1 aliphatic carbocycles. The maximum absolute atomic E-state index is 4.71. The van der Waals surface area contributed by atoms with Crippen LogP contribution < -0.4 is 5.32 Å². The number of fused-ring (bicyclic) bond motifs is 1. The van der Waals surface area contributed by atoms with E-state index in [0.717, 1.165) is 12.8 Å². The second kappa shape index (κ2) is 4.99. The van der Waals surface area contributed by atoms with E-state index in [-0.39, 0.29) is 0 Å². The lowest BCUT2D eigenvalue weighted by Gasteiger charge is -2.35. The summed E-state index contributed by atoms with van der Waals surface area (Å²) in [6.45, 7) is 8.99. The molecule has 0 fully saturated rings. The monoisotopic (exact) mass is 283 g/mol. The van der Waals surface area contributed by atoms with Gasteiger partial charge in [0.1, 0.15) is 0 Å². The topological polar surface area (TPSA) is 29.9 Å². The maximum Gasteiger partial charge on any atom is 0.0680 e. The fourth-order valence-electron chi connectivity index (χ4n) is 3.46. The fraction of sp³-hybridized carbons (Fsp3) is 0.500. The van der Waals surface area contributed by atoms with Crippen LogP contribution in [0, 0.1) is 19.3 Å². The van der Waals surface area contributed by atoms with Gasteiger partial charge in [0.05, 0.1) is 11.9 Å². The van der Waals surface area contributed by atoms with Crippen LogP contribution in [0.1, 0.15) is 48.7 Å². The predicted molar refractivity (Wildman–Crippen MR) is 86.9 cm³/mol. The molecule has 0 spiro atoms. The maximum atomic E-state index is 4.71. The molecule has 3 rings (SSSR count). The normalized spacial score (nSPS) is 20.3. The minimum Gasteiger partial charge on any atom is -0.313 e. The van der Waals surface area contributed by atoms with E-state index < -0.39 is 0 Å². The van der Waals surface area contributed by atoms with Gasteiger partial charge in [0.15, 0.2) is 0 Å². The van der Waals surface area contributed by atoms with E-state index in [4.69, 9.17) is 5.10 Å². The minimum absolute atomic E-state index is 0.302. The van der Waals surface area contributed by atoms with Crippen LogP contribution in [-0.4, -0.2) is 16.8 Å². The van der Waals surface area contributed by atoms with Crippen molar-refractivity contribution < 1.29 is 0 Å². The highest BCUT2D eigenvalue weighted by Gasteiger charge is 2.34. The van der Waals surface area contributed by atoms with Crippen molar-refractivity contribution in [2.75, 3.05) is 7.05 Å². The molecule has 2 aromatic rings. The van der Waals surface area contributed by atoms with Crippen molar-refractivity contribution in [1.82, 2.24) is 15.1 Å². The molecule has 3 nitrogen and oxygen atoms in total. The lowest BCUT2D eigenvalue weighted by atomic mass is 9.74. The molecule has 0 saturated carbocycles. The number of nitrogens with zero attached hydrogens (tertiary/aromatic N) is 2. The Balaban J connectivity index is 2.15. The van der Waals surface area contributed by atoms with Crippen molar-refractivity contribution >= 4 is 0 Å². The van der Waals surface area contributed by atoms with Crippen LogP contribution in [0.3, 0.4) is 0 Å². The third kappa shape index (κ3) is 2.51. The van der Waals surface area contributed by atoms with E-state index in [1.165, 1.54) is 28.1 Å². The summed E-state index contributed by atoms with van der Waals surface area (Å²) in [6, 6.07) is 6.98. The quantitative estimate of drug-likeness (QED) is 0.910. The first-order valence-electron chi connectivity index (χ1n) is 7.73. The van der Waals surface area contributed by atoms with Gasteiger partial charge in [-0.2, -0.15) is 5.10 Å². The molecule has 1 heterocycles. The van der Waals surface area contributed by atoms with E-state index >= 15 is 0 Å². The third-order valence-corrected chi connectivity index (χ3v) is 4.62. The van der Waals surface area contributed by atoms with Crippen LogP contribution in [-0.2, 0) is 6.42 Å². The SMILES string of the molecule is CNC1CC(C)(C)Cc2c1cnn2-c1cc(C)ccc1C. The number of aromatic nitrogens is 2. The van der Waals surface area contributed by atoms with E-state index in [0.29, 0.717) is 11.5 Å². The van der Waals surface area contributed by atoms with Gasteiger partial charge in [0.25, 0.3) is 0 Å². The van der Waals surface area contributed by atoms with Gasteiger partial charge >= 0.3 is 0 Å². The highest BCUT2D eigenvalue weighted by Crippen LogP contribution is 2.41. The van der Waals surface area contributed by atoms with Crippen molar-refractivity contribution in [3.05, 3.63) is 46.8 Å². The molecule has 1 unspecified atom stereocenters. The highest BCUT2D eigenvalue weighted by atomic mass is 15.3. The smallest absolute Gasteiger partial charge is 0.0680 e. The molecule has 112 valence electrons. The van der Waals surface area contributed by atoms with Gasteiger partial charge in [-0.15, -0.1) is 0 Å². The first-order chi connectivity index (χ1) is 9.91. The van der Waals surface area contributed by atoms with Crippen LogP contribution in [0.15, 0.2) is 24.4 Å². The van der Waals surface area contributed by atoms with Crippen LogP contribution in [0.2, 0.25) is 0 Å². The molecule has 0 radical (unpaired) electrons. The lowest BCUT2D eigenvalue weighted by molar-refractivity contribution is 0.260. The van der Waals surface area contributed by atoms with Gasteiger partial charge in [-0.05, 0) is 56.3 Å². The second-order valence-electron chi connectivity index (χ2n) is 7.13. The zero-order valence-corrected chi connectivity index (χ0v) is 13.7. The molecule has 0 amide bonds. The number of rotatable bonds is 2. The zero-order valence-electron chi connectivity index (χ0n) is 13.7. The Morgan fingerprint density at radius 3 is 2.76 bits per heavy atom. The van der Waals surface area contributed by atoms with Gasteiger partial charge in [-0.25, -0.2) is 4.68 Å². The van der Waals surface area contributed by atoms with Crippen LogP contribution >= 0.6 is 0 Å². The Kier molecular flexibility index (Phi) is 3.40. The van der Waals surface area contributed by atoms with E-state index in [1.54, 1.807) is 0 Å². The second-order valence-corrected chi connectivity index (χ2v) is 7.13. The largest absolute Gasteiger partial charge is 0.313 e. The summed E-state index contributed by atoms with van der Waals surface area (Å²) in [5.41, 5.74) is 6.78. The molecular weight excluding hydrogens is 258 g/mol. The average molecular weight is 283 g/mol. The number of hydrogen-bond donors (Lipinski definition) is 1. The summed E-state index contributed by atoms with van der Waals surface area (Å²) in [6.07, 6.45) is 4.29. The van der Waals surface area contributed by atoms with Crippen molar-refractivity contribution in [2.24, 2.45) is 5.41 Å². The van der Waals surface area contributed by atoms with Gasteiger partial charge in [-0.3, -0.25) is 0 Å². The molecule has 1 aromatic heterocycles. The van der Waals surface area contributed by atoms with E-state index in [1.807, 2.05) is 13.2 Å². The molecule has 1 aliphatic rings. The van der Waals surface area contributed by atoms with Gasteiger partial charge < -0.3 is 5.32 Å². The molecular formula is C18H25N3. The summed E-state index contributed by atoms with van der Waals surface area (Å²) in [4.78, 5) is 0. The molecule has 21 heavy (non-hydrogen) atoms. The molecule has 0 saturated heterocycles. The van der Waals surface area contributed by atoms with Crippen molar-refractivity contribution in [2.45, 2.75) is 46.6 Å². The number of aryl methyl sites for hydroxylation is 2. The summed E-state index contributed by atoms with van der Waals surface area (Å²) in [5, 5.41) is 8.16. The Hall–Kier alpha value is -1.61. The Labute approximate surface area is 127 Å². The van der Waals surface area contributed by atoms with Crippen molar-refractivity contribution in [3.8, 4) is 5.69 Å². The van der Waals surface area contributed by atoms with Gasteiger partial charge in [0.2, 0.25) is 0 Å². The molecule has 1 aromatic carbocycles. The highest BCUT2D eigenvalue weighted by molar-refractivity contribution is 5.45. The molecule has 1 atom stereocenters. The molecule has 0 bridgehead atoms. The summed E-state index contributed by atoms with van der Waals surface area (Å²) >= 11 is 0. The number of nitrogens with one attached hydrogen (secondary N) is 1. The number of benzene rings is 1. The third-order valence-electron chi connectivity index (χ3n) is 4.62. The van der Waals surface area contributed by atoms with E-state index in [9.17, 15) is 0 Å². The minimum atomic E-state index is 0.302. The predicted octanol–water partition coefficient (Wildman–Crippen LogP) is 3.72. The first kappa shape index (κ1) is 14.3. The van der Waals surface area contributed by atoms with Crippen LogP contribution in [0.5, 0.6) is 0 Å². The van der Waals surface area contributed by atoms with Gasteiger partial charge in [-0.1, -0.05) is 26.0 Å². The van der Waals surface area contributed by atoms with Crippen molar-refractivity contribution in [1.29, 1.82) is 0 Å². The molecule has 1 N–H and O–H groups in total. The Morgan fingerprint density at radius 2 is 2.05 bits per heavy atom. The zero-order chi connectivity index (χ0) is 15.2. The van der Waals surface area contributed by atoms with Gasteiger partial charge in [0, 0.05) is 17.3 Å². The summed E-state index contributed by atoms with van der Waals surface area (Å²) in [5.74, 6) is 0. The number of hydrogen-bond acceptors (Lipinski definition) is 2. The Bertz CT molecular complexity index is 667. The fourth-order valence-corrected chi connectivity index (χ4v) is 3.46. The van der Waals surface area contributed by atoms with Crippen LogP contribution in [0.25, 0.3) is 5.69 Å². The standard InChI is InChI=1S/C18H25N3/c1-12-6-7-13(2)16(8-12)21-17-10-18(3,4)9-15(19-5)14(17)11-20-21/h6-8,11,15,19H,9-10H2,1-5H3. The first-order valence-corrected chi connectivity index (χ1v) is 7.73. The van der Waals surface area contributed by atoms with Crippen molar-refractivity contribution in [3.63, 3.8) is 0 Å². The summed E-state index contributed by atoms with van der Waals surface area (Å²) in [7, 11) is 2.05. The van der Waals surface area contributed by atoms with E-state index in [2.05, 4.69) is 55.9 Å². The van der Waals surface area contributed by atoms with Crippen LogP contribution in [0.4, 0.5) is 0 Å². The average Bonchev–Trinajstić information content (AvgIpc) is 2.82. The Morgan fingerprint density at radius 1 is 1.29 bits per heavy atom.